The van der Waals surface area contributed by atoms with Gasteiger partial charge in [-0.05, 0) is 80.6 Å². The van der Waals surface area contributed by atoms with E-state index in [0.29, 0.717) is 65.5 Å². The lowest BCUT2D eigenvalue weighted by molar-refractivity contribution is -0.143. The number of carbonyl (C=O) groups is 1. The van der Waals surface area contributed by atoms with Crippen LogP contribution in [-0.2, 0) is 29.1 Å². The predicted octanol–water partition coefficient (Wildman–Crippen LogP) is 7.67. The van der Waals surface area contributed by atoms with E-state index >= 15 is 0 Å². The number of benzene rings is 2. The highest BCUT2D eigenvalue weighted by Crippen LogP contribution is 2.46. The number of aliphatic hydroxyl groups is 1. The molecule has 1 amide bonds. The first kappa shape index (κ1) is 33.4. The van der Waals surface area contributed by atoms with Gasteiger partial charge in [-0.25, -0.2) is 4.39 Å². The van der Waals surface area contributed by atoms with E-state index in [0.717, 1.165) is 4.90 Å². The lowest BCUT2D eigenvalue weighted by atomic mass is 9.81. The smallest absolute Gasteiger partial charge is 0.393 e. The number of aliphatic hydroxyl groups excluding tert-OH is 1. The largest absolute Gasteiger partial charge is 0.416 e. The van der Waals surface area contributed by atoms with Gasteiger partial charge in [-0.1, -0.05) is 6.07 Å². The molecule has 0 spiro atoms. The van der Waals surface area contributed by atoms with Gasteiger partial charge in [0.25, 0.3) is 0 Å². The molecule has 1 aliphatic heterocycles. The monoisotopic (exact) mass is 641 g/mol. The van der Waals surface area contributed by atoms with E-state index in [-0.39, 0.29) is 17.3 Å². The Balaban J connectivity index is 1.85. The normalized spacial score (nSPS) is 15.3. The number of rotatable bonds is 6. The van der Waals surface area contributed by atoms with E-state index in [2.05, 4.69) is 6.07 Å². The summed E-state index contributed by atoms with van der Waals surface area (Å²) >= 11 is 1.20. The van der Waals surface area contributed by atoms with Crippen molar-refractivity contribution in [2.24, 2.45) is 0 Å². The Hall–Kier alpha value is -3.47. The number of likely N-dealkylation sites (tertiary alicyclic amines) is 1. The molecule has 1 aromatic heterocycles. The fraction of sp³-hybridized carbons (Fsp3) is 0.419. The average molecular weight is 642 g/mol. The number of piperidine rings is 1. The van der Waals surface area contributed by atoms with Crippen LogP contribution in [0.4, 0.5) is 36.4 Å². The molecule has 1 fully saturated rings. The van der Waals surface area contributed by atoms with Crippen LogP contribution in [0.15, 0.2) is 36.4 Å². The zero-order chi connectivity index (χ0) is 32.8. The third kappa shape index (κ3) is 6.77. The molecule has 2 heterocycles. The van der Waals surface area contributed by atoms with Crippen molar-refractivity contribution in [2.75, 3.05) is 25.0 Å². The zero-order valence-corrected chi connectivity index (χ0v) is 25.1. The first-order chi connectivity index (χ1) is 20.3. The van der Waals surface area contributed by atoms with E-state index in [1.54, 1.807) is 6.92 Å². The van der Waals surface area contributed by atoms with Gasteiger partial charge in [0.2, 0.25) is 5.91 Å². The van der Waals surface area contributed by atoms with Gasteiger partial charge in [-0.2, -0.15) is 31.6 Å². The molecule has 0 radical (unpaired) electrons. The minimum atomic E-state index is -5.10. The van der Waals surface area contributed by atoms with Crippen LogP contribution in [0.1, 0.15) is 59.4 Å². The highest BCUT2D eigenvalue weighted by atomic mass is 32.1. The lowest BCUT2D eigenvalue weighted by Gasteiger charge is -2.31. The number of aryl methyl sites for hydroxylation is 1. The molecule has 3 aromatic rings. The summed E-state index contributed by atoms with van der Waals surface area (Å²) < 4.78 is 95.8. The number of hydrogen-bond acceptors (Lipinski definition) is 5. The molecule has 236 valence electrons. The second-order valence-electron chi connectivity index (χ2n) is 11.4. The van der Waals surface area contributed by atoms with Crippen LogP contribution in [0.2, 0.25) is 0 Å². The first-order valence-corrected chi connectivity index (χ1v) is 14.5. The molecule has 2 aromatic carbocycles. The number of halogens is 7. The van der Waals surface area contributed by atoms with Gasteiger partial charge in [0.15, 0.2) is 0 Å². The number of anilines is 1. The number of likely N-dealkylation sites (N-methyl/N-ethyl adjacent to an activating group) is 1. The van der Waals surface area contributed by atoms with Crippen LogP contribution in [0.3, 0.4) is 0 Å². The number of amides is 1. The number of carbonyl (C=O) groups excluding carboxylic acids is 1. The summed E-state index contributed by atoms with van der Waals surface area (Å²) in [6, 6.07) is 7.19. The van der Waals surface area contributed by atoms with Crippen molar-refractivity contribution in [1.82, 2.24) is 4.90 Å². The van der Waals surface area contributed by atoms with E-state index in [1.807, 2.05) is 4.90 Å². The van der Waals surface area contributed by atoms with Crippen molar-refractivity contribution in [1.29, 1.82) is 5.26 Å². The van der Waals surface area contributed by atoms with Gasteiger partial charge in [0.1, 0.15) is 11.9 Å². The minimum absolute atomic E-state index is 0.00170. The third-order valence-electron chi connectivity index (χ3n) is 7.91. The average Bonchev–Trinajstić information content (AvgIpc) is 3.29. The van der Waals surface area contributed by atoms with E-state index in [4.69, 9.17) is 0 Å². The highest BCUT2D eigenvalue weighted by molar-refractivity contribution is 7.16. The summed E-state index contributed by atoms with van der Waals surface area (Å²) in [6.07, 6.45) is -9.57. The van der Waals surface area contributed by atoms with Crippen LogP contribution < -0.4 is 4.90 Å². The van der Waals surface area contributed by atoms with Crippen molar-refractivity contribution in [3.8, 4) is 16.5 Å². The fourth-order valence-corrected chi connectivity index (χ4v) is 6.73. The molecule has 0 aliphatic carbocycles. The summed E-state index contributed by atoms with van der Waals surface area (Å²) in [7, 11) is 1.31. The second-order valence-corrected chi connectivity index (χ2v) is 12.5. The van der Waals surface area contributed by atoms with Crippen LogP contribution in [0.5, 0.6) is 0 Å². The fourth-order valence-electron chi connectivity index (χ4n) is 5.32. The van der Waals surface area contributed by atoms with Crippen molar-refractivity contribution in [2.45, 2.75) is 64.0 Å². The third-order valence-corrected chi connectivity index (χ3v) is 9.11. The molecule has 0 atom stereocenters. The topological polar surface area (TPSA) is 67.6 Å². The summed E-state index contributed by atoms with van der Waals surface area (Å²) in [6.45, 7) is 5.52. The molecule has 0 saturated carbocycles. The Bertz CT molecular complexity index is 1560. The van der Waals surface area contributed by atoms with Gasteiger partial charge < -0.3 is 10.0 Å². The molecule has 1 aliphatic rings. The molecular weight excluding hydrogens is 611 g/mol. The number of alkyl halides is 6. The summed E-state index contributed by atoms with van der Waals surface area (Å²) in [5.41, 5.74) is -4.24. The van der Waals surface area contributed by atoms with Gasteiger partial charge in [-0.3, -0.25) is 9.69 Å². The number of nitrogens with zero attached hydrogens (tertiary/aromatic N) is 3. The van der Waals surface area contributed by atoms with Gasteiger partial charge in [-0.15, -0.1) is 11.3 Å². The van der Waals surface area contributed by atoms with Gasteiger partial charge >= 0.3 is 12.4 Å². The highest BCUT2D eigenvalue weighted by Gasteiger charge is 2.42. The summed E-state index contributed by atoms with van der Waals surface area (Å²) in [5.74, 6) is -1.36. The molecule has 13 heteroatoms. The van der Waals surface area contributed by atoms with Crippen molar-refractivity contribution >= 4 is 22.9 Å². The van der Waals surface area contributed by atoms with Crippen LogP contribution in [-0.4, -0.2) is 42.2 Å². The maximum atomic E-state index is 14.1. The zero-order valence-electron chi connectivity index (χ0n) is 24.3. The number of nitriles is 1. The van der Waals surface area contributed by atoms with Crippen LogP contribution in [0, 0.1) is 24.1 Å². The minimum Gasteiger partial charge on any atom is -0.393 e. The SMILES string of the molecule is Cc1cc(F)ccc1-c1sc(CN2CCC(O)CC2)c(C#N)c1N(C)C(=O)C(C)(C)c1cc(C(F)(F)F)cc(C(F)(F)F)c1. The van der Waals surface area contributed by atoms with Crippen LogP contribution >= 0.6 is 11.3 Å². The number of thiophene rings is 1. The first-order valence-electron chi connectivity index (χ1n) is 13.7. The Labute approximate surface area is 254 Å². The Morgan fingerprint density at radius 2 is 1.57 bits per heavy atom. The maximum Gasteiger partial charge on any atom is 0.416 e. The van der Waals surface area contributed by atoms with Gasteiger partial charge in [0, 0.05) is 31.6 Å². The number of hydrogen-bond donors (Lipinski definition) is 1. The van der Waals surface area contributed by atoms with E-state index in [9.17, 15) is 45.9 Å². The predicted molar refractivity (Wildman–Crippen MR) is 153 cm³/mol. The molecule has 0 unspecified atom stereocenters. The maximum absolute atomic E-state index is 14.1. The molecule has 0 bridgehead atoms. The van der Waals surface area contributed by atoms with Gasteiger partial charge in [0.05, 0.1) is 38.8 Å². The molecule has 4 rings (SSSR count). The molecule has 44 heavy (non-hydrogen) atoms. The Morgan fingerprint density at radius 1 is 1.02 bits per heavy atom. The molecular formula is C31H30F7N3O2S. The van der Waals surface area contributed by atoms with Crippen LogP contribution in [0.25, 0.3) is 10.4 Å². The van der Waals surface area contributed by atoms with Crippen molar-refractivity contribution in [3.05, 3.63) is 74.9 Å². The standard InChI is InChI=1S/C31H30F7N3O2S/c1-17-11-21(32)5-6-23(17)27-26(24(15-39)25(44-27)16-41-9-7-22(42)8-10-41)40(4)28(43)29(2,3)18-12-19(30(33,34)35)14-20(13-18)31(36,37)38/h5-6,11-14,22,42H,7-10,16H2,1-4H3. The van der Waals surface area contributed by atoms with E-state index < -0.39 is 52.3 Å². The molecule has 5 nitrogen and oxygen atoms in total. The molecule has 1 N–H and O–H groups in total. The Morgan fingerprint density at radius 3 is 2.07 bits per heavy atom. The lowest BCUT2D eigenvalue weighted by Crippen LogP contribution is -2.42. The quantitative estimate of drug-likeness (QED) is 0.281. The van der Waals surface area contributed by atoms with Crippen molar-refractivity contribution in [3.63, 3.8) is 0 Å². The van der Waals surface area contributed by atoms with Crippen molar-refractivity contribution < 1.29 is 40.6 Å². The summed E-state index contributed by atoms with van der Waals surface area (Å²) in [4.78, 5) is 18.2. The Kier molecular flexibility index (Phi) is 9.22. The second kappa shape index (κ2) is 12.1. The van der Waals surface area contributed by atoms with E-state index in [1.165, 1.54) is 50.4 Å². The summed E-state index contributed by atoms with van der Waals surface area (Å²) in [5, 5.41) is 20.2. The molecule has 1 saturated heterocycles.